The normalized spacial score (nSPS) is 21.6. The standard InChI is InChI=1S/C23H23N3OS/c1-14-6-4-5-7-17(14)26-18-10-23(2,3)11-19(27)21(18)20(15-8-9-28-13-15)16(12-24)22(26)25/h4-9,13,20H,10-11,25H2,1-3H3. The number of rotatable bonds is 2. The van der Waals surface area contributed by atoms with Crippen LogP contribution in [0, 0.1) is 23.7 Å². The second-order valence-corrected chi connectivity index (χ2v) is 9.10. The highest BCUT2D eigenvalue weighted by molar-refractivity contribution is 7.08. The van der Waals surface area contributed by atoms with Gasteiger partial charge in [-0.3, -0.25) is 9.69 Å². The lowest BCUT2D eigenvalue weighted by molar-refractivity contribution is -0.118. The summed E-state index contributed by atoms with van der Waals surface area (Å²) in [6, 6.07) is 12.3. The van der Waals surface area contributed by atoms with Crippen molar-refractivity contribution >= 4 is 22.8 Å². The number of ketones is 1. The van der Waals surface area contributed by atoms with Crippen LogP contribution >= 0.6 is 11.3 Å². The number of anilines is 1. The van der Waals surface area contributed by atoms with Gasteiger partial charge in [0.1, 0.15) is 5.82 Å². The highest BCUT2D eigenvalue weighted by Crippen LogP contribution is 2.50. The summed E-state index contributed by atoms with van der Waals surface area (Å²) in [6.07, 6.45) is 1.22. The number of hydrogen-bond donors (Lipinski definition) is 1. The molecule has 4 nitrogen and oxygen atoms in total. The number of nitrogens with two attached hydrogens (primary N) is 1. The van der Waals surface area contributed by atoms with Crippen molar-refractivity contribution in [2.24, 2.45) is 11.1 Å². The molecule has 0 bridgehead atoms. The molecular weight excluding hydrogens is 366 g/mol. The summed E-state index contributed by atoms with van der Waals surface area (Å²) in [6.45, 7) is 6.25. The SMILES string of the molecule is Cc1ccccc1N1C(N)=C(C#N)C(c2ccsc2)C2=C1CC(C)(C)CC2=O. The maximum Gasteiger partial charge on any atom is 0.162 e. The Balaban J connectivity index is 2.02. The van der Waals surface area contributed by atoms with Gasteiger partial charge >= 0.3 is 0 Å². The number of carbonyl (C=O) groups excluding carboxylic acids is 1. The fourth-order valence-electron chi connectivity index (χ4n) is 4.37. The monoisotopic (exact) mass is 389 g/mol. The lowest BCUT2D eigenvalue weighted by Gasteiger charge is -2.44. The first-order valence-corrected chi connectivity index (χ1v) is 10.3. The van der Waals surface area contributed by atoms with Gasteiger partial charge in [0.25, 0.3) is 0 Å². The number of nitrogens with zero attached hydrogens (tertiary/aromatic N) is 2. The van der Waals surface area contributed by atoms with Gasteiger partial charge in [-0.15, -0.1) is 0 Å². The molecule has 1 unspecified atom stereocenters. The average molecular weight is 390 g/mol. The number of aryl methyl sites for hydroxylation is 1. The summed E-state index contributed by atoms with van der Waals surface area (Å²) >= 11 is 1.57. The third-order valence-corrected chi connectivity index (χ3v) is 6.32. The van der Waals surface area contributed by atoms with E-state index in [1.807, 2.05) is 52.9 Å². The van der Waals surface area contributed by atoms with Crippen LogP contribution in [0.4, 0.5) is 5.69 Å². The third kappa shape index (κ3) is 2.85. The van der Waals surface area contributed by atoms with Crippen LogP contribution in [-0.4, -0.2) is 5.78 Å². The molecule has 4 rings (SSSR count). The van der Waals surface area contributed by atoms with E-state index in [0.717, 1.165) is 34.5 Å². The Bertz CT molecular complexity index is 1050. The summed E-state index contributed by atoms with van der Waals surface area (Å²) in [5.74, 6) is 0.161. The van der Waals surface area contributed by atoms with Crippen LogP contribution in [0.3, 0.4) is 0 Å². The minimum absolute atomic E-state index is 0.112. The molecular formula is C23H23N3OS. The van der Waals surface area contributed by atoms with E-state index in [1.54, 1.807) is 11.3 Å². The molecule has 1 aromatic heterocycles. The van der Waals surface area contributed by atoms with Crippen LogP contribution in [0.15, 0.2) is 63.8 Å². The smallest absolute Gasteiger partial charge is 0.162 e. The van der Waals surface area contributed by atoms with Crippen molar-refractivity contribution in [3.05, 3.63) is 74.9 Å². The number of Topliss-reactive ketones (excluding diaryl/α,β-unsaturated/α-hetero) is 1. The Hall–Kier alpha value is -2.84. The van der Waals surface area contributed by atoms with Gasteiger partial charge in [0, 0.05) is 17.7 Å². The molecule has 1 atom stereocenters. The highest BCUT2D eigenvalue weighted by Gasteiger charge is 2.44. The topological polar surface area (TPSA) is 70.1 Å². The summed E-state index contributed by atoms with van der Waals surface area (Å²) in [5.41, 5.74) is 11.5. The van der Waals surface area contributed by atoms with Crippen molar-refractivity contribution in [3.8, 4) is 6.07 Å². The van der Waals surface area contributed by atoms with Crippen molar-refractivity contribution < 1.29 is 4.79 Å². The zero-order chi connectivity index (χ0) is 20.1. The van der Waals surface area contributed by atoms with Crippen LogP contribution < -0.4 is 10.6 Å². The van der Waals surface area contributed by atoms with Gasteiger partial charge in [-0.2, -0.15) is 16.6 Å². The fraction of sp³-hybridized carbons (Fsp3) is 0.304. The van der Waals surface area contributed by atoms with Crippen LogP contribution in [0.1, 0.15) is 43.7 Å². The Kier molecular flexibility index (Phi) is 4.40. The molecule has 0 radical (unpaired) electrons. The van der Waals surface area contributed by atoms with E-state index in [2.05, 4.69) is 19.9 Å². The van der Waals surface area contributed by atoms with Crippen molar-refractivity contribution in [1.29, 1.82) is 5.26 Å². The van der Waals surface area contributed by atoms with Crippen molar-refractivity contribution in [3.63, 3.8) is 0 Å². The van der Waals surface area contributed by atoms with Gasteiger partial charge < -0.3 is 5.73 Å². The van der Waals surface area contributed by atoms with E-state index >= 15 is 0 Å². The summed E-state index contributed by atoms with van der Waals surface area (Å²) in [4.78, 5) is 15.3. The molecule has 0 saturated heterocycles. The second kappa shape index (κ2) is 6.65. The first-order valence-electron chi connectivity index (χ1n) is 9.38. The first-order chi connectivity index (χ1) is 13.3. The van der Waals surface area contributed by atoms with Crippen molar-refractivity contribution in [2.75, 3.05) is 4.90 Å². The number of thiophene rings is 1. The maximum atomic E-state index is 13.3. The molecule has 2 heterocycles. The van der Waals surface area contributed by atoms with Crippen LogP contribution in [0.2, 0.25) is 0 Å². The predicted molar refractivity (Wildman–Crippen MR) is 113 cm³/mol. The lowest BCUT2D eigenvalue weighted by Crippen LogP contribution is -2.42. The molecule has 2 N–H and O–H groups in total. The molecule has 28 heavy (non-hydrogen) atoms. The molecule has 2 aliphatic rings. The Morgan fingerprint density at radius 3 is 2.64 bits per heavy atom. The van der Waals surface area contributed by atoms with E-state index in [9.17, 15) is 10.1 Å². The second-order valence-electron chi connectivity index (χ2n) is 8.32. The van der Waals surface area contributed by atoms with E-state index in [0.29, 0.717) is 17.8 Å². The van der Waals surface area contributed by atoms with Crippen molar-refractivity contribution in [2.45, 2.75) is 39.5 Å². The summed E-state index contributed by atoms with van der Waals surface area (Å²) in [5, 5.41) is 14.0. The van der Waals surface area contributed by atoms with Crippen LogP contribution in [0.5, 0.6) is 0 Å². The molecule has 1 aliphatic heterocycles. The number of para-hydroxylation sites is 1. The maximum absolute atomic E-state index is 13.3. The van der Waals surface area contributed by atoms with Gasteiger partial charge in [-0.25, -0.2) is 0 Å². The fourth-order valence-corrected chi connectivity index (χ4v) is 5.06. The van der Waals surface area contributed by atoms with E-state index in [4.69, 9.17) is 5.73 Å². The number of nitriles is 1. The minimum Gasteiger partial charge on any atom is -0.384 e. The predicted octanol–water partition coefficient (Wildman–Crippen LogP) is 5.00. The molecule has 142 valence electrons. The minimum atomic E-state index is -0.380. The molecule has 1 aliphatic carbocycles. The Morgan fingerprint density at radius 2 is 2.00 bits per heavy atom. The summed E-state index contributed by atoms with van der Waals surface area (Å²) in [7, 11) is 0. The van der Waals surface area contributed by atoms with E-state index < -0.39 is 0 Å². The van der Waals surface area contributed by atoms with Crippen LogP contribution in [0.25, 0.3) is 0 Å². The molecule has 0 saturated carbocycles. The molecule has 1 aromatic carbocycles. The van der Waals surface area contributed by atoms with E-state index in [-0.39, 0.29) is 17.1 Å². The highest BCUT2D eigenvalue weighted by atomic mass is 32.1. The molecule has 5 heteroatoms. The van der Waals surface area contributed by atoms with Gasteiger partial charge in [0.05, 0.1) is 23.2 Å². The third-order valence-electron chi connectivity index (χ3n) is 5.61. The van der Waals surface area contributed by atoms with Gasteiger partial charge in [0.15, 0.2) is 5.78 Å². The van der Waals surface area contributed by atoms with Crippen molar-refractivity contribution in [1.82, 2.24) is 0 Å². The molecule has 0 fully saturated rings. The average Bonchev–Trinajstić information content (AvgIpc) is 3.15. The zero-order valence-electron chi connectivity index (χ0n) is 16.3. The van der Waals surface area contributed by atoms with E-state index in [1.165, 1.54) is 0 Å². The quantitative estimate of drug-likeness (QED) is 0.785. The van der Waals surface area contributed by atoms with Gasteiger partial charge in [-0.05, 0) is 52.8 Å². The summed E-state index contributed by atoms with van der Waals surface area (Å²) < 4.78 is 0. The molecule has 0 spiro atoms. The van der Waals surface area contributed by atoms with Crippen LogP contribution in [-0.2, 0) is 4.79 Å². The largest absolute Gasteiger partial charge is 0.384 e. The Labute approximate surface area is 169 Å². The molecule has 0 amide bonds. The number of carbonyl (C=O) groups is 1. The number of benzene rings is 1. The number of hydrogen-bond acceptors (Lipinski definition) is 5. The first kappa shape index (κ1) is 18.5. The number of allylic oxidation sites excluding steroid dienone is 3. The van der Waals surface area contributed by atoms with Gasteiger partial charge in [0.2, 0.25) is 0 Å². The molecule has 2 aromatic rings. The lowest BCUT2D eigenvalue weighted by atomic mass is 9.69. The zero-order valence-corrected chi connectivity index (χ0v) is 17.1. The van der Waals surface area contributed by atoms with Gasteiger partial charge in [-0.1, -0.05) is 32.0 Å². The Morgan fingerprint density at radius 1 is 1.25 bits per heavy atom.